The summed E-state index contributed by atoms with van der Waals surface area (Å²) in [5.74, 6) is 0.195. The number of carbonyl (C=O) groups is 2. The number of carbonyl (C=O) groups excluding carboxylic acids is 2. The Morgan fingerprint density at radius 2 is 1.77 bits per heavy atom. The Kier molecular flexibility index (Phi) is 9.19. The van der Waals surface area contributed by atoms with Gasteiger partial charge in [0.15, 0.2) is 0 Å². The number of hydrogen-bond acceptors (Lipinski definition) is 8. The van der Waals surface area contributed by atoms with E-state index in [9.17, 15) is 18.0 Å². The normalized spacial score (nSPS) is 22.4. The molecule has 2 aromatic rings. The molecule has 0 unspecified atom stereocenters. The van der Waals surface area contributed by atoms with E-state index in [0.29, 0.717) is 74.5 Å². The van der Waals surface area contributed by atoms with Gasteiger partial charge in [-0.05, 0) is 82.3 Å². The first-order valence-electron chi connectivity index (χ1n) is 15.1. The average molecular weight is 615 g/mol. The smallest absolute Gasteiger partial charge is 0.321 e. The molecule has 11 nitrogen and oxygen atoms in total. The van der Waals surface area contributed by atoms with Gasteiger partial charge in [0.1, 0.15) is 16.4 Å². The number of nitrogens with zero attached hydrogens (tertiary/aromatic N) is 3. The second-order valence-electron chi connectivity index (χ2n) is 11.1. The van der Waals surface area contributed by atoms with Gasteiger partial charge in [-0.15, -0.1) is 0 Å². The molecule has 3 aliphatic rings. The number of amides is 3. The Balaban J connectivity index is 1.49. The number of methoxy groups -OCH3 is 1. The van der Waals surface area contributed by atoms with E-state index in [1.54, 1.807) is 17.0 Å². The van der Waals surface area contributed by atoms with Crippen molar-refractivity contribution < 1.29 is 32.2 Å². The number of benzene rings is 2. The summed E-state index contributed by atoms with van der Waals surface area (Å²) >= 11 is 0. The van der Waals surface area contributed by atoms with Crippen molar-refractivity contribution in [3.05, 3.63) is 42.0 Å². The highest BCUT2D eigenvalue weighted by Gasteiger charge is 2.56. The minimum absolute atomic E-state index is 0.0367. The van der Waals surface area contributed by atoms with Gasteiger partial charge in [-0.2, -0.15) is 0 Å². The molecule has 0 atom stereocenters. The quantitative estimate of drug-likeness (QED) is 0.446. The molecule has 43 heavy (non-hydrogen) atoms. The molecule has 12 heteroatoms. The second-order valence-corrected chi connectivity index (χ2v) is 12.9. The lowest BCUT2D eigenvalue weighted by Gasteiger charge is -2.42. The topological polar surface area (TPSA) is 118 Å². The van der Waals surface area contributed by atoms with Crippen LogP contribution in [-0.4, -0.2) is 89.3 Å². The summed E-state index contributed by atoms with van der Waals surface area (Å²) in [6.07, 6.45) is 2.64. The molecule has 3 amide bonds. The minimum Gasteiger partial charge on any atom is -0.495 e. The Bertz CT molecular complexity index is 1450. The molecular formula is C31H42N4O7S. The zero-order valence-electron chi connectivity index (χ0n) is 25.4. The maximum absolute atomic E-state index is 14.4. The minimum atomic E-state index is -4.38. The summed E-state index contributed by atoms with van der Waals surface area (Å²) < 4.78 is 46.5. The molecule has 2 aliphatic heterocycles. The van der Waals surface area contributed by atoms with Crippen molar-refractivity contribution in [2.75, 3.05) is 62.7 Å². The third-order valence-corrected chi connectivity index (χ3v) is 10.7. The molecule has 1 aliphatic carbocycles. The van der Waals surface area contributed by atoms with Crippen LogP contribution in [0.1, 0.15) is 52.0 Å². The summed E-state index contributed by atoms with van der Waals surface area (Å²) in [5, 5.41) is 2.79. The van der Waals surface area contributed by atoms with Crippen LogP contribution in [0.5, 0.6) is 11.5 Å². The number of sulfonamides is 1. The SMILES string of the molecule is CCOc1ccc2c(c1)C1(CCC(N3CCOCC3)CC1)C(=O)N2S(=O)(=O)c1ccc(NC(=O)N(CC)CC)cc1OC. The molecule has 234 valence electrons. The molecule has 1 saturated carbocycles. The van der Waals surface area contributed by atoms with E-state index in [2.05, 4.69) is 10.2 Å². The van der Waals surface area contributed by atoms with Crippen LogP contribution >= 0.6 is 0 Å². The van der Waals surface area contributed by atoms with Crippen LogP contribution in [-0.2, 0) is 25.0 Å². The van der Waals surface area contributed by atoms with Crippen LogP contribution in [0.4, 0.5) is 16.2 Å². The number of anilines is 2. The molecule has 2 fully saturated rings. The van der Waals surface area contributed by atoms with Gasteiger partial charge < -0.3 is 24.4 Å². The van der Waals surface area contributed by atoms with Crippen LogP contribution in [0, 0.1) is 0 Å². The highest BCUT2D eigenvalue weighted by molar-refractivity contribution is 7.93. The van der Waals surface area contributed by atoms with E-state index in [-0.39, 0.29) is 16.7 Å². The number of morpholine rings is 1. The van der Waals surface area contributed by atoms with Crippen LogP contribution in [0.25, 0.3) is 0 Å². The monoisotopic (exact) mass is 614 g/mol. The van der Waals surface area contributed by atoms with E-state index < -0.39 is 21.3 Å². The van der Waals surface area contributed by atoms with Gasteiger partial charge in [-0.1, -0.05) is 0 Å². The van der Waals surface area contributed by atoms with E-state index in [0.717, 1.165) is 30.2 Å². The highest BCUT2D eigenvalue weighted by atomic mass is 32.2. The summed E-state index contributed by atoms with van der Waals surface area (Å²) in [6, 6.07) is 9.61. The standard InChI is InChI=1S/C31H42N4O7S/c1-5-33(6-2)30(37)32-22-8-11-28(27(20-22)40-4)43(38,39)35-26-10-9-24(42-7-3)21-25(26)31(29(35)36)14-12-23(13-15-31)34-16-18-41-19-17-34/h8-11,20-21,23H,5-7,12-19H2,1-4H3,(H,32,37). The first-order valence-corrected chi connectivity index (χ1v) is 16.6. The van der Waals surface area contributed by atoms with Gasteiger partial charge in [0.25, 0.3) is 15.9 Å². The lowest BCUT2D eigenvalue weighted by atomic mass is 9.68. The number of hydrogen-bond donors (Lipinski definition) is 1. The number of fused-ring (bicyclic) bond motifs is 2. The van der Waals surface area contributed by atoms with Crippen LogP contribution in [0.15, 0.2) is 41.3 Å². The summed E-state index contributed by atoms with van der Waals surface area (Å²) in [4.78, 5) is 30.9. The van der Waals surface area contributed by atoms with Crippen molar-refractivity contribution in [1.29, 1.82) is 0 Å². The highest BCUT2D eigenvalue weighted by Crippen LogP contribution is 2.53. The molecule has 1 saturated heterocycles. The lowest BCUT2D eigenvalue weighted by Crippen LogP contribution is -2.50. The first kappa shape index (κ1) is 31.1. The third-order valence-electron chi connectivity index (χ3n) is 8.96. The lowest BCUT2D eigenvalue weighted by molar-refractivity contribution is -0.123. The van der Waals surface area contributed by atoms with Gasteiger partial charge in [0.2, 0.25) is 0 Å². The van der Waals surface area contributed by atoms with Crippen LogP contribution in [0.2, 0.25) is 0 Å². The van der Waals surface area contributed by atoms with E-state index >= 15 is 0 Å². The first-order chi connectivity index (χ1) is 20.7. The number of ether oxygens (including phenoxy) is 3. The van der Waals surface area contributed by atoms with E-state index in [1.807, 2.05) is 26.8 Å². The Morgan fingerprint density at radius 1 is 1.07 bits per heavy atom. The fourth-order valence-electron chi connectivity index (χ4n) is 6.65. The molecule has 2 aromatic carbocycles. The van der Waals surface area contributed by atoms with Crippen LogP contribution < -0.4 is 19.1 Å². The molecule has 0 bridgehead atoms. The maximum Gasteiger partial charge on any atom is 0.321 e. The summed E-state index contributed by atoms with van der Waals surface area (Å²) in [6.45, 7) is 10.3. The predicted molar refractivity (Wildman–Crippen MR) is 164 cm³/mol. The van der Waals surface area contributed by atoms with Gasteiger partial charge in [0.05, 0.1) is 38.0 Å². The molecule has 0 radical (unpaired) electrons. The molecular weight excluding hydrogens is 572 g/mol. The zero-order chi connectivity index (χ0) is 30.8. The largest absolute Gasteiger partial charge is 0.495 e. The van der Waals surface area contributed by atoms with Gasteiger partial charge in [-0.3, -0.25) is 9.69 Å². The third kappa shape index (κ3) is 5.67. The van der Waals surface area contributed by atoms with Crippen molar-refractivity contribution in [3.63, 3.8) is 0 Å². The van der Waals surface area contributed by atoms with Crippen molar-refractivity contribution in [1.82, 2.24) is 9.80 Å². The molecule has 1 spiro atoms. The van der Waals surface area contributed by atoms with Crippen molar-refractivity contribution in [3.8, 4) is 11.5 Å². The summed E-state index contributed by atoms with van der Waals surface area (Å²) in [7, 11) is -3.01. The zero-order valence-corrected chi connectivity index (χ0v) is 26.2. The average Bonchev–Trinajstić information content (AvgIpc) is 3.25. The number of rotatable bonds is 9. The van der Waals surface area contributed by atoms with E-state index in [1.165, 1.54) is 25.3 Å². The Morgan fingerprint density at radius 3 is 2.40 bits per heavy atom. The van der Waals surface area contributed by atoms with Crippen molar-refractivity contribution in [2.45, 2.75) is 62.8 Å². The molecule has 5 rings (SSSR count). The molecule has 1 N–H and O–H groups in total. The van der Waals surface area contributed by atoms with Gasteiger partial charge in [-0.25, -0.2) is 17.5 Å². The number of urea groups is 1. The van der Waals surface area contributed by atoms with Crippen molar-refractivity contribution in [2.24, 2.45) is 0 Å². The molecule has 2 heterocycles. The van der Waals surface area contributed by atoms with Gasteiger partial charge >= 0.3 is 6.03 Å². The van der Waals surface area contributed by atoms with Gasteiger partial charge in [0, 0.05) is 44.0 Å². The van der Waals surface area contributed by atoms with E-state index in [4.69, 9.17) is 14.2 Å². The Hall–Kier alpha value is -3.35. The van der Waals surface area contributed by atoms with Crippen LogP contribution in [0.3, 0.4) is 0 Å². The fourth-order valence-corrected chi connectivity index (χ4v) is 8.29. The fraction of sp³-hybridized carbons (Fsp3) is 0.548. The van der Waals surface area contributed by atoms with Crippen molar-refractivity contribution >= 4 is 33.3 Å². The Labute approximate surface area is 254 Å². The maximum atomic E-state index is 14.4. The predicted octanol–water partition coefficient (Wildman–Crippen LogP) is 4.22. The molecule has 0 aromatic heterocycles. The summed E-state index contributed by atoms with van der Waals surface area (Å²) in [5.41, 5.74) is 0.456. The number of nitrogens with one attached hydrogen (secondary N) is 1. The second kappa shape index (κ2) is 12.7.